The number of thioether (sulfide) groups is 1. The van der Waals surface area contributed by atoms with Crippen molar-refractivity contribution >= 4 is 40.9 Å². The van der Waals surface area contributed by atoms with Crippen LogP contribution < -0.4 is 10.1 Å². The maximum absolute atomic E-state index is 13.3. The molecule has 1 heterocycles. The molecule has 202 valence electrons. The molecule has 0 aliphatic heterocycles. The van der Waals surface area contributed by atoms with Crippen LogP contribution >= 0.6 is 23.4 Å². The van der Waals surface area contributed by atoms with Gasteiger partial charge >= 0.3 is 5.97 Å². The summed E-state index contributed by atoms with van der Waals surface area (Å²) in [6.07, 6.45) is 0.440. The number of anilines is 1. The van der Waals surface area contributed by atoms with Crippen molar-refractivity contribution in [3.63, 3.8) is 0 Å². The fourth-order valence-corrected chi connectivity index (χ4v) is 5.26. The van der Waals surface area contributed by atoms with E-state index in [2.05, 4.69) is 11.4 Å². The van der Waals surface area contributed by atoms with Crippen LogP contribution in [0.1, 0.15) is 34.8 Å². The van der Waals surface area contributed by atoms with Crippen molar-refractivity contribution in [2.75, 3.05) is 12.4 Å². The second-order valence-electron chi connectivity index (χ2n) is 8.95. The minimum absolute atomic E-state index is 0.0776. The zero-order valence-electron chi connectivity index (χ0n) is 22.1. The van der Waals surface area contributed by atoms with Gasteiger partial charge in [0.05, 0.1) is 34.2 Å². The number of benzene rings is 3. The van der Waals surface area contributed by atoms with Crippen LogP contribution in [0.4, 0.5) is 5.69 Å². The van der Waals surface area contributed by atoms with Gasteiger partial charge in [0.25, 0.3) is 0 Å². The number of carbonyl (C=O) groups excluding carboxylic acids is 1. The quantitative estimate of drug-likeness (QED) is 0.200. The number of nitrogens with one attached hydrogen (secondary N) is 1. The van der Waals surface area contributed by atoms with Crippen LogP contribution in [-0.4, -0.2) is 34.3 Å². The molecule has 0 saturated heterocycles. The first-order chi connectivity index (χ1) is 19.2. The summed E-state index contributed by atoms with van der Waals surface area (Å²) in [5.74, 6) is -0.824. The third kappa shape index (κ3) is 6.45. The summed E-state index contributed by atoms with van der Waals surface area (Å²) in [6.45, 7) is 3.86. The van der Waals surface area contributed by atoms with E-state index in [9.17, 15) is 20.0 Å². The van der Waals surface area contributed by atoms with E-state index < -0.39 is 11.2 Å². The molecule has 1 aromatic heterocycles. The van der Waals surface area contributed by atoms with Gasteiger partial charge < -0.3 is 15.2 Å². The lowest BCUT2D eigenvalue weighted by Gasteiger charge is -2.18. The summed E-state index contributed by atoms with van der Waals surface area (Å²) < 4.78 is 5.29. The summed E-state index contributed by atoms with van der Waals surface area (Å²) in [4.78, 5) is 29.6. The number of aryl methyl sites for hydroxylation is 1. The molecule has 0 radical (unpaired) electrons. The molecule has 1 atom stereocenters. The molecule has 1 unspecified atom stereocenters. The van der Waals surface area contributed by atoms with E-state index in [0.717, 1.165) is 16.7 Å². The fraction of sp³-hybridized carbons (Fsp3) is 0.161. The second-order valence-corrected chi connectivity index (χ2v) is 10.5. The van der Waals surface area contributed by atoms with E-state index >= 15 is 0 Å². The van der Waals surface area contributed by atoms with E-state index in [1.807, 2.05) is 68.4 Å². The number of pyridine rings is 1. The molecule has 4 rings (SSSR count). The van der Waals surface area contributed by atoms with Gasteiger partial charge in [0.2, 0.25) is 5.91 Å². The molecule has 7 nitrogen and oxygen atoms in total. The minimum Gasteiger partial charge on any atom is -0.497 e. The molecule has 1 amide bonds. The number of hydrogen-bond acceptors (Lipinski definition) is 6. The molecule has 9 heteroatoms. The van der Waals surface area contributed by atoms with Gasteiger partial charge in [-0.25, -0.2) is 9.78 Å². The van der Waals surface area contributed by atoms with E-state index in [1.165, 1.54) is 23.9 Å². The van der Waals surface area contributed by atoms with E-state index in [0.29, 0.717) is 39.7 Å². The molecule has 3 aromatic carbocycles. The Morgan fingerprint density at radius 3 is 2.35 bits per heavy atom. The van der Waals surface area contributed by atoms with Crippen LogP contribution in [0.2, 0.25) is 5.02 Å². The number of aromatic nitrogens is 1. The number of rotatable bonds is 9. The Balaban J connectivity index is 1.74. The Morgan fingerprint density at radius 2 is 1.75 bits per heavy atom. The van der Waals surface area contributed by atoms with Crippen molar-refractivity contribution in [2.45, 2.75) is 30.5 Å². The second kappa shape index (κ2) is 12.7. The zero-order chi connectivity index (χ0) is 28.8. The first kappa shape index (κ1) is 28.7. The van der Waals surface area contributed by atoms with Gasteiger partial charge in [-0.15, -0.1) is 0 Å². The van der Waals surface area contributed by atoms with Crippen molar-refractivity contribution in [1.82, 2.24) is 4.98 Å². The Bertz CT molecular complexity index is 1600. The number of methoxy groups -OCH3 is 1. The first-order valence-corrected chi connectivity index (χ1v) is 13.7. The van der Waals surface area contributed by atoms with Crippen LogP contribution in [0.5, 0.6) is 5.75 Å². The summed E-state index contributed by atoms with van der Waals surface area (Å²) in [5, 5.41) is 22.3. The van der Waals surface area contributed by atoms with Gasteiger partial charge in [-0.05, 0) is 67.4 Å². The van der Waals surface area contributed by atoms with Crippen LogP contribution in [-0.2, 0) is 4.79 Å². The Morgan fingerprint density at radius 1 is 1.07 bits per heavy atom. The molecular formula is C31H26ClN3O4S. The normalized spacial score (nSPS) is 11.4. The van der Waals surface area contributed by atoms with Crippen molar-refractivity contribution in [2.24, 2.45) is 0 Å². The maximum Gasteiger partial charge on any atom is 0.337 e. The van der Waals surface area contributed by atoms with Crippen LogP contribution in [0.3, 0.4) is 0 Å². The van der Waals surface area contributed by atoms with Gasteiger partial charge in [0, 0.05) is 16.8 Å². The van der Waals surface area contributed by atoms with E-state index in [4.69, 9.17) is 21.3 Å². The highest BCUT2D eigenvalue weighted by atomic mass is 35.5. The molecule has 0 aliphatic rings. The van der Waals surface area contributed by atoms with Crippen molar-refractivity contribution < 1.29 is 19.4 Å². The molecule has 4 aromatic rings. The largest absolute Gasteiger partial charge is 0.497 e. The number of carbonyl (C=O) groups is 2. The number of ether oxygens (including phenoxy) is 1. The molecular weight excluding hydrogens is 546 g/mol. The topological polar surface area (TPSA) is 112 Å². The zero-order valence-corrected chi connectivity index (χ0v) is 23.6. The number of halogens is 1. The predicted molar refractivity (Wildman–Crippen MR) is 158 cm³/mol. The highest BCUT2D eigenvalue weighted by Crippen LogP contribution is 2.37. The lowest BCUT2D eigenvalue weighted by Crippen LogP contribution is -2.25. The maximum atomic E-state index is 13.3. The lowest BCUT2D eigenvalue weighted by molar-refractivity contribution is -0.115. The van der Waals surface area contributed by atoms with Crippen molar-refractivity contribution in [3.05, 3.63) is 94.5 Å². The summed E-state index contributed by atoms with van der Waals surface area (Å²) in [5.41, 5.74) is 4.73. The van der Waals surface area contributed by atoms with Gasteiger partial charge in [-0.2, -0.15) is 5.26 Å². The number of carboxylic acids is 1. The predicted octanol–water partition coefficient (Wildman–Crippen LogP) is 7.47. The van der Waals surface area contributed by atoms with Crippen molar-refractivity contribution in [3.8, 4) is 34.2 Å². The minimum atomic E-state index is -1.19. The first-order valence-electron chi connectivity index (χ1n) is 12.4. The molecule has 2 N–H and O–H groups in total. The summed E-state index contributed by atoms with van der Waals surface area (Å²) in [6, 6.07) is 23.8. The SMILES string of the molecule is CCC(Sc1nc(-c2ccc(OC)cc2)cc(-c2ccc(C)cc2)c1C#N)C(=O)Nc1ccc(Cl)c(C(=O)O)c1. The smallest absolute Gasteiger partial charge is 0.337 e. The lowest BCUT2D eigenvalue weighted by atomic mass is 9.98. The average molecular weight is 572 g/mol. The Labute approximate surface area is 241 Å². The van der Waals surface area contributed by atoms with Crippen LogP contribution in [0.15, 0.2) is 77.8 Å². The third-order valence-corrected chi connectivity index (χ3v) is 7.91. The third-order valence-electron chi connectivity index (χ3n) is 6.23. The Hall–Kier alpha value is -4.32. The standard InChI is InChI=1S/C31H26ClN3O4S/c1-4-28(29(36)34-21-11-14-26(32)24(15-21)31(37)38)40-30-25(17-33)23(19-7-5-18(2)6-8-19)16-27(35-30)20-9-12-22(39-3)13-10-20/h5-16,28H,4H2,1-3H3,(H,34,36)(H,37,38). The number of amides is 1. The number of nitriles is 1. The van der Waals surface area contributed by atoms with Crippen LogP contribution in [0.25, 0.3) is 22.4 Å². The Kier molecular flexibility index (Phi) is 9.10. The average Bonchev–Trinajstić information content (AvgIpc) is 2.96. The molecule has 40 heavy (non-hydrogen) atoms. The monoisotopic (exact) mass is 571 g/mol. The molecule has 0 aliphatic carbocycles. The number of aromatic carboxylic acids is 1. The van der Waals surface area contributed by atoms with E-state index in [1.54, 1.807) is 13.2 Å². The van der Waals surface area contributed by atoms with Gasteiger partial charge in [0.15, 0.2) is 0 Å². The van der Waals surface area contributed by atoms with Gasteiger partial charge in [-0.1, -0.05) is 60.1 Å². The highest BCUT2D eigenvalue weighted by molar-refractivity contribution is 8.00. The van der Waals surface area contributed by atoms with E-state index in [-0.39, 0.29) is 16.5 Å². The summed E-state index contributed by atoms with van der Waals surface area (Å²) >= 11 is 7.17. The van der Waals surface area contributed by atoms with Crippen LogP contribution in [0, 0.1) is 18.3 Å². The molecule has 0 fully saturated rings. The molecule has 0 bridgehead atoms. The van der Waals surface area contributed by atoms with Gasteiger partial charge in [0.1, 0.15) is 16.8 Å². The number of carboxylic acid groups (broad SMARTS) is 1. The molecule has 0 saturated carbocycles. The van der Waals surface area contributed by atoms with Gasteiger partial charge in [-0.3, -0.25) is 4.79 Å². The number of hydrogen-bond donors (Lipinski definition) is 2. The summed E-state index contributed by atoms with van der Waals surface area (Å²) in [7, 11) is 1.60. The fourth-order valence-electron chi connectivity index (χ4n) is 4.03. The molecule has 0 spiro atoms. The van der Waals surface area contributed by atoms with Crippen molar-refractivity contribution in [1.29, 1.82) is 5.26 Å². The number of nitrogens with zero attached hydrogens (tertiary/aromatic N) is 2. The highest BCUT2D eigenvalue weighted by Gasteiger charge is 2.24.